The summed E-state index contributed by atoms with van der Waals surface area (Å²) in [7, 11) is 1.61. The third-order valence-electron chi connectivity index (χ3n) is 1.94. The van der Waals surface area contributed by atoms with E-state index in [0.717, 1.165) is 0 Å². The topological polar surface area (TPSA) is 65.5 Å². The van der Waals surface area contributed by atoms with Gasteiger partial charge in [-0.2, -0.15) is 0 Å². The van der Waals surface area contributed by atoms with Crippen LogP contribution in [-0.4, -0.2) is 25.5 Å². The fourth-order valence-corrected chi connectivity index (χ4v) is 1.15. The molecule has 0 amide bonds. The number of carbonyl (C=O) groups is 1. The van der Waals surface area contributed by atoms with E-state index in [-0.39, 0.29) is 11.8 Å². The SMILES string of the molecule is COCCC(N)CC(=O)c1ccco1. The van der Waals surface area contributed by atoms with Gasteiger partial charge in [-0.05, 0) is 18.6 Å². The molecule has 1 aromatic heterocycles. The third-order valence-corrected chi connectivity index (χ3v) is 1.94. The molecule has 0 aliphatic rings. The van der Waals surface area contributed by atoms with Crippen LogP contribution in [-0.2, 0) is 4.74 Å². The fraction of sp³-hybridized carbons (Fsp3) is 0.500. The van der Waals surface area contributed by atoms with Gasteiger partial charge >= 0.3 is 0 Å². The largest absolute Gasteiger partial charge is 0.461 e. The van der Waals surface area contributed by atoms with Crippen molar-refractivity contribution < 1.29 is 13.9 Å². The summed E-state index contributed by atoms with van der Waals surface area (Å²) < 4.78 is 9.83. The Morgan fingerprint density at radius 3 is 3.07 bits per heavy atom. The maximum Gasteiger partial charge on any atom is 0.199 e. The summed E-state index contributed by atoms with van der Waals surface area (Å²) in [6, 6.07) is 3.17. The van der Waals surface area contributed by atoms with Gasteiger partial charge in [-0.15, -0.1) is 0 Å². The maximum absolute atomic E-state index is 11.5. The number of Topliss-reactive ketones (excluding diaryl/α,β-unsaturated/α-hetero) is 1. The highest BCUT2D eigenvalue weighted by atomic mass is 16.5. The number of rotatable bonds is 6. The van der Waals surface area contributed by atoms with Crippen LogP contribution < -0.4 is 5.73 Å². The van der Waals surface area contributed by atoms with Gasteiger partial charge in [-0.25, -0.2) is 0 Å². The van der Waals surface area contributed by atoms with Crippen molar-refractivity contribution in [3.05, 3.63) is 24.2 Å². The van der Waals surface area contributed by atoms with Gasteiger partial charge < -0.3 is 14.9 Å². The molecular formula is C10H15NO3. The summed E-state index contributed by atoms with van der Waals surface area (Å²) in [6.45, 7) is 0.576. The second-order valence-corrected chi connectivity index (χ2v) is 3.15. The Bertz CT molecular complexity index is 269. The zero-order valence-corrected chi connectivity index (χ0v) is 8.23. The number of carbonyl (C=O) groups excluding carboxylic acids is 1. The summed E-state index contributed by atoms with van der Waals surface area (Å²) in [6.07, 6.45) is 2.47. The summed E-state index contributed by atoms with van der Waals surface area (Å²) in [4.78, 5) is 11.5. The second-order valence-electron chi connectivity index (χ2n) is 3.15. The van der Waals surface area contributed by atoms with Crippen LogP contribution in [0.15, 0.2) is 22.8 Å². The fourth-order valence-electron chi connectivity index (χ4n) is 1.15. The standard InChI is InChI=1S/C10H15NO3/c1-13-6-4-8(11)7-9(12)10-3-2-5-14-10/h2-3,5,8H,4,6-7,11H2,1H3. The Hall–Kier alpha value is -1.13. The van der Waals surface area contributed by atoms with Crippen LogP contribution in [0.25, 0.3) is 0 Å². The van der Waals surface area contributed by atoms with Gasteiger partial charge in [0.15, 0.2) is 11.5 Å². The smallest absolute Gasteiger partial charge is 0.199 e. The van der Waals surface area contributed by atoms with Crippen LogP contribution >= 0.6 is 0 Å². The zero-order valence-electron chi connectivity index (χ0n) is 8.23. The third kappa shape index (κ3) is 3.32. The molecule has 0 aromatic carbocycles. The van der Waals surface area contributed by atoms with Crippen LogP contribution in [0.5, 0.6) is 0 Å². The lowest BCUT2D eigenvalue weighted by Crippen LogP contribution is -2.25. The summed E-state index contributed by atoms with van der Waals surface area (Å²) in [5, 5.41) is 0. The van der Waals surface area contributed by atoms with Crippen molar-refractivity contribution in [1.82, 2.24) is 0 Å². The van der Waals surface area contributed by atoms with Gasteiger partial charge in [0, 0.05) is 26.2 Å². The molecule has 1 heterocycles. The van der Waals surface area contributed by atoms with Crippen molar-refractivity contribution in [2.75, 3.05) is 13.7 Å². The lowest BCUT2D eigenvalue weighted by atomic mass is 10.1. The lowest BCUT2D eigenvalue weighted by molar-refractivity contribution is 0.0940. The first-order chi connectivity index (χ1) is 6.74. The van der Waals surface area contributed by atoms with Crippen molar-refractivity contribution in [3.8, 4) is 0 Å². The average Bonchev–Trinajstić information content (AvgIpc) is 2.67. The van der Waals surface area contributed by atoms with Crippen molar-refractivity contribution >= 4 is 5.78 Å². The summed E-state index contributed by atoms with van der Waals surface area (Å²) in [5.41, 5.74) is 5.72. The Morgan fingerprint density at radius 2 is 2.50 bits per heavy atom. The molecule has 78 valence electrons. The molecular weight excluding hydrogens is 182 g/mol. The van der Waals surface area contributed by atoms with Gasteiger partial charge in [-0.1, -0.05) is 0 Å². The molecule has 2 N–H and O–H groups in total. The Balaban J connectivity index is 2.34. The molecule has 0 spiro atoms. The van der Waals surface area contributed by atoms with E-state index in [1.165, 1.54) is 6.26 Å². The molecule has 1 rings (SSSR count). The van der Waals surface area contributed by atoms with Crippen LogP contribution in [0, 0.1) is 0 Å². The van der Waals surface area contributed by atoms with Gasteiger partial charge in [-0.3, -0.25) is 4.79 Å². The van der Waals surface area contributed by atoms with Crippen LogP contribution in [0.4, 0.5) is 0 Å². The van der Waals surface area contributed by atoms with Crippen molar-refractivity contribution in [2.24, 2.45) is 5.73 Å². The minimum atomic E-state index is -0.160. The molecule has 4 heteroatoms. The maximum atomic E-state index is 11.5. The molecule has 1 unspecified atom stereocenters. The predicted molar refractivity (Wildman–Crippen MR) is 52.1 cm³/mol. The lowest BCUT2D eigenvalue weighted by Gasteiger charge is -2.08. The van der Waals surface area contributed by atoms with E-state index in [1.807, 2.05) is 0 Å². The molecule has 0 fully saturated rings. The molecule has 0 radical (unpaired) electrons. The highest BCUT2D eigenvalue weighted by Gasteiger charge is 2.13. The van der Waals surface area contributed by atoms with E-state index in [4.69, 9.17) is 14.9 Å². The highest BCUT2D eigenvalue weighted by Crippen LogP contribution is 2.06. The first-order valence-electron chi connectivity index (χ1n) is 4.55. The van der Waals surface area contributed by atoms with E-state index < -0.39 is 0 Å². The molecule has 14 heavy (non-hydrogen) atoms. The first-order valence-corrected chi connectivity index (χ1v) is 4.55. The molecule has 0 aliphatic heterocycles. The molecule has 1 aromatic rings. The molecule has 0 saturated carbocycles. The van der Waals surface area contributed by atoms with Crippen LogP contribution in [0.1, 0.15) is 23.4 Å². The molecule has 0 bridgehead atoms. The van der Waals surface area contributed by atoms with E-state index >= 15 is 0 Å². The van der Waals surface area contributed by atoms with E-state index in [0.29, 0.717) is 25.2 Å². The number of ether oxygens (including phenoxy) is 1. The molecule has 4 nitrogen and oxygen atoms in total. The first kappa shape index (κ1) is 10.9. The average molecular weight is 197 g/mol. The van der Waals surface area contributed by atoms with Gasteiger partial charge in [0.1, 0.15) is 0 Å². The van der Waals surface area contributed by atoms with Gasteiger partial charge in [0.25, 0.3) is 0 Å². The quantitative estimate of drug-likeness (QED) is 0.696. The highest BCUT2D eigenvalue weighted by molar-refractivity contribution is 5.93. The van der Waals surface area contributed by atoms with E-state index in [2.05, 4.69) is 0 Å². The van der Waals surface area contributed by atoms with Crippen LogP contribution in [0.3, 0.4) is 0 Å². The monoisotopic (exact) mass is 197 g/mol. The van der Waals surface area contributed by atoms with Crippen molar-refractivity contribution in [1.29, 1.82) is 0 Å². The molecule has 0 aliphatic carbocycles. The second kappa shape index (κ2) is 5.57. The number of ketones is 1. The summed E-state index contributed by atoms with van der Waals surface area (Å²) >= 11 is 0. The zero-order chi connectivity index (χ0) is 10.4. The predicted octanol–water partition coefficient (Wildman–Crippen LogP) is 1.22. The minimum absolute atomic E-state index is 0.0568. The summed E-state index contributed by atoms with van der Waals surface area (Å²) in [5.74, 6) is 0.316. The Labute approximate surface area is 83.0 Å². The normalized spacial score (nSPS) is 12.7. The number of hydrogen-bond acceptors (Lipinski definition) is 4. The Kier molecular flexibility index (Phi) is 4.35. The van der Waals surface area contributed by atoms with Crippen molar-refractivity contribution in [2.45, 2.75) is 18.9 Å². The Morgan fingerprint density at radius 1 is 1.71 bits per heavy atom. The van der Waals surface area contributed by atoms with Crippen LogP contribution in [0.2, 0.25) is 0 Å². The number of nitrogens with two attached hydrogens (primary N) is 1. The molecule has 0 saturated heterocycles. The van der Waals surface area contributed by atoms with E-state index in [9.17, 15) is 4.79 Å². The number of methoxy groups -OCH3 is 1. The van der Waals surface area contributed by atoms with Gasteiger partial charge in [0.2, 0.25) is 0 Å². The molecule has 1 atom stereocenters. The number of furan rings is 1. The number of hydrogen-bond donors (Lipinski definition) is 1. The minimum Gasteiger partial charge on any atom is -0.461 e. The van der Waals surface area contributed by atoms with Gasteiger partial charge in [0.05, 0.1) is 6.26 Å². The van der Waals surface area contributed by atoms with E-state index in [1.54, 1.807) is 19.2 Å². The van der Waals surface area contributed by atoms with Crippen molar-refractivity contribution in [3.63, 3.8) is 0 Å².